The summed E-state index contributed by atoms with van der Waals surface area (Å²) in [6.45, 7) is 5.86. The van der Waals surface area contributed by atoms with E-state index in [9.17, 15) is 9.59 Å². The number of esters is 1. The Morgan fingerprint density at radius 3 is 2.61 bits per heavy atom. The SMILES string of the molecule is C/C=C/COC(=O)C1=C(C)NC(=O)N[C@H]1c1ccc(CC)cc1. The maximum absolute atomic E-state index is 12.4. The molecule has 1 aliphatic rings. The number of amides is 2. The second-order valence-electron chi connectivity index (χ2n) is 5.33. The fourth-order valence-electron chi connectivity index (χ4n) is 2.46. The van der Waals surface area contributed by atoms with Crippen molar-refractivity contribution in [1.29, 1.82) is 0 Å². The number of carbonyl (C=O) groups excluding carboxylic acids is 2. The predicted octanol–water partition coefficient (Wildman–Crippen LogP) is 3.00. The Labute approximate surface area is 136 Å². The van der Waals surface area contributed by atoms with Gasteiger partial charge in [-0.25, -0.2) is 9.59 Å². The number of rotatable bonds is 5. The predicted molar refractivity (Wildman–Crippen MR) is 88.7 cm³/mol. The maximum Gasteiger partial charge on any atom is 0.338 e. The van der Waals surface area contributed by atoms with Crippen molar-refractivity contribution < 1.29 is 14.3 Å². The second-order valence-corrected chi connectivity index (χ2v) is 5.33. The summed E-state index contributed by atoms with van der Waals surface area (Å²) in [5.74, 6) is -0.433. The third-order valence-corrected chi connectivity index (χ3v) is 3.76. The van der Waals surface area contributed by atoms with Crippen LogP contribution in [0.25, 0.3) is 0 Å². The van der Waals surface area contributed by atoms with Crippen LogP contribution in [0.15, 0.2) is 47.7 Å². The van der Waals surface area contributed by atoms with Crippen LogP contribution < -0.4 is 10.6 Å². The average Bonchev–Trinajstić information content (AvgIpc) is 2.54. The van der Waals surface area contributed by atoms with Crippen LogP contribution in [-0.2, 0) is 16.0 Å². The van der Waals surface area contributed by atoms with E-state index < -0.39 is 12.0 Å². The van der Waals surface area contributed by atoms with Crippen molar-refractivity contribution in [2.75, 3.05) is 6.61 Å². The third-order valence-electron chi connectivity index (χ3n) is 3.76. The van der Waals surface area contributed by atoms with Crippen LogP contribution in [-0.4, -0.2) is 18.6 Å². The van der Waals surface area contributed by atoms with Gasteiger partial charge in [0.2, 0.25) is 0 Å². The Morgan fingerprint density at radius 2 is 2.00 bits per heavy atom. The molecule has 5 heteroatoms. The Kier molecular flexibility index (Phi) is 5.57. The molecule has 0 aliphatic carbocycles. The lowest BCUT2D eigenvalue weighted by Crippen LogP contribution is -2.45. The number of hydrogen-bond acceptors (Lipinski definition) is 3. The number of allylic oxidation sites excluding steroid dienone is 2. The van der Waals surface area contributed by atoms with Gasteiger partial charge in [0.1, 0.15) is 6.61 Å². The van der Waals surface area contributed by atoms with Crippen LogP contribution in [0.4, 0.5) is 4.79 Å². The number of hydrogen-bond donors (Lipinski definition) is 2. The molecular weight excluding hydrogens is 292 g/mol. The summed E-state index contributed by atoms with van der Waals surface area (Å²) >= 11 is 0. The summed E-state index contributed by atoms with van der Waals surface area (Å²) in [5.41, 5.74) is 3.00. The number of aryl methyl sites for hydroxylation is 1. The molecule has 1 heterocycles. The molecule has 122 valence electrons. The van der Waals surface area contributed by atoms with Gasteiger partial charge in [0, 0.05) is 5.70 Å². The number of carbonyl (C=O) groups is 2. The normalized spacial score (nSPS) is 17.9. The highest BCUT2D eigenvalue weighted by Crippen LogP contribution is 2.27. The minimum atomic E-state index is -0.507. The molecule has 2 amide bonds. The maximum atomic E-state index is 12.4. The molecule has 23 heavy (non-hydrogen) atoms. The Morgan fingerprint density at radius 1 is 1.30 bits per heavy atom. The molecule has 1 aliphatic heterocycles. The topological polar surface area (TPSA) is 67.4 Å². The number of benzene rings is 1. The lowest BCUT2D eigenvalue weighted by Gasteiger charge is -2.28. The molecule has 0 bridgehead atoms. The van der Waals surface area contributed by atoms with Gasteiger partial charge in [0.05, 0.1) is 11.6 Å². The van der Waals surface area contributed by atoms with Crippen LogP contribution in [0.3, 0.4) is 0 Å². The van der Waals surface area contributed by atoms with E-state index >= 15 is 0 Å². The Bertz CT molecular complexity index is 645. The summed E-state index contributed by atoms with van der Waals surface area (Å²) in [6, 6.07) is 7.04. The smallest absolute Gasteiger partial charge is 0.338 e. The molecule has 0 unspecified atom stereocenters. The monoisotopic (exact) mass is 314 g/mol. The minimum Gasteiger partial charge on any atom is -0.458 e. The highest BCUT2D eigenvalue weighted by molar-refractivity contribution is 5.95. The molecule has 1 aromatic rings. The van der Waals surface area contributed by atoms with Crippen LogP contribution in [0.2, 0.25) is 0 Å². The van der Waals surface area contributed by atoms with Gasteiger partial charge in [-0.05, 0) is 31.4 Å². The van der Waals surface area contributed by atoms with Crippen LogP contribution >= 0.6 is 0 Å². The van der Waals surface area contributed by atoms with Crippen molar-refractivity contribution in [1.82, 2.24) is 10.6 Å². The van der Waals surface area contributed by atoms with Crippen LogP contribution in [0.5, 0.6) is 0 Å². The summed E-state index contributed by atoms with van der Waals surface area (Å²) in [6.07, 6.45) is 4.51. The summed E-state index contributed by atoms with van der Waals surface area (Å²) < 4.78 is 5.25. The van der Waals surface area contributed by atoms with Gasteiger partial charge in [0.25, 0.3) is 0 Å². The molecule has 0 radical (unpaired) electrons. The largest absolute Gasteiger partial charge is 0.458 e. The van der Waals surface area contributed by atoms with Crippen molar-refractivity contribution >= 4 is 12.0 Å². The molecule has 0 fully saturated rings. The van der Waals surface area contributed by atoms with Gasteiger partial charge in [-0.2, -0.15) is 0 Å². The van der Waals surface area contributed by atoms with Crippen molar-refractivity contribution in [2.45, 2.75) is 33.2 Å². The zero-order chi connectivity index (χ0) is 16.8. The van der Waals surface area contributed by atoms with E-state index in [1.54, 1.807) is 13.0 Å². The Hall–Kier alpha value is -2.56. The highest BCUT2D eigenvalue weighted by Gasteiger charge is 2.31. The fraction of sp³-hybridized carbons (Fsp3) is 0.333. The molecule has 0 saturated heterocycles. The molecule has 5 nitrogen and oxygen atoms in total. The molecule has 2 rings (SSSR count). The van der Waals surface area contributed by atoms with E-state index in [0.717, 1.165) is 12.0 Å². The minimum absolute atomic E-state index is 0.210. The van der Waals surface area contributed by atoms with Crippen LogP contribution in [0.1, 0.15) is 37.9 Å². The highest BCUT2D eigenvalue weighted by atomic mass is 16.5. The molecule has 1 aromatic carbocycles. The molecule has 0 spiro atoms. The quantitative estimate of drug-likeness (QED) is 0.648. The van der Waals surface area contributed by atoms with Crippen LogP contribution in [0, 0.1) is 0 Å². The first-order valence-corrected chi connectivity index (χ1v) is 7.72. The first kappa shape index (κ1) is 16.8. The van der Waals surface area contributed by atoms with Crippen molar-refractivity contribution in [2.24, 2.45) is 0 Å². The lowest BCUT2D eigenvalue weighted by atomic mass is 9.94. The van der Waals surface area contributed by atoms with Crippen molar-refractivity contribution in [3.63, 3.8) is 0 Å². The van der Waals surface area contributed by atoms with E-state index in [4.69, 9.17) is 4.74 Å². The third kappa shape index (κ3) is 4.00. The first-order chi connectivity index (χ1) is 11.1. The summed E-state index contributed by atoms with van der Waals surface area (Å²) in [7, 11) is 0. The van der Waals surface area contributed by atoms with Gasteiger partial charge < -0.3 is 15.4 Å². The van der Waals surface area contributed by atoms with E-state index in [0.29, 0.717) is 11.3 Å². The second kappa shape index (κ2) is 7.63. The van der Waals surface area contributed by atoms with E-state index in [1.807, 2.05) is 37.3 Å². The lowest BCUT2D eigenvalue weighted by molar-refractivity contribution is -0.138. The van der Waals surface area contributed by atoms with Gasteiger partial charge in [-0.3, -0.25) is 0 Å². The van der Waals surface area contributed by atoms with Crippen molar-refractivity contribution in [3.8, 4) is 0 Å². The zero-order valence-corrected chi connectivity index (χ0v) is 13.7. The Balaban J connectivity index is 2.31. The van der Waals surface area contributed by atoms with Gasteiger partial charge in [0.15, 0.2) is 0 Å². The summed E-state index contributed by atoms with van der Waals surface area (Å²) in [4.78, 5) is 24.2. The van der Waals surface area contributed by atoms with Gasteiger partial charge in [-0.15, -0.1) is 0 Å². The van der Waals surface area contributed by atoms with Gasteiger partial charge in [-0.1, -0.05) is 43.3 Å². The average molecular weight is 314 g/mol. The summed E-state index contributed by atoms with van der Waals surface area (Å²) in [5, 5.41) is 5.43. The zero-order valence-electron chi connectivity index (χ0n) is 13.7. The molecule has 2 N–H and O–H groups in total. The first-order valence-electron chi connectivity index (χ1n) is 7.72. The van der Waals surface area contributed by atoms with E-state index in [1.165, 1.54) is 5.56 Å². The van der Waals surface area contributed by atoms with Gasteiger partial charge >= 0.3 is 12.0 Å². The number of nitrogens with one attached hydrogen (secondary N) is 2. The molecule has 0 saturated carbocycles. The fourth-order valence-corrected chi connectivity index (χ4v) is 2.46. The number of urea groups is 1. The molecule has 0 aromatic heterocycles. The molecule has 1 atom stereocenters. The van der Waals surface area contributed by atoms with Crippen molar-refractivity contribution in [3.05, 3.63) is 58.8 Å². The molecular formula is C18H22N2O3. The van der Waals surface area contributed by atoms with E-state index in [-0.39, 0.29) is 12.6 Å². The standard InChI is InChI=1S/C18H22N2O3/c1-4-6-11-23-17(21)15-12(3)19-18(22)20-16(15)14-9-7-13(5-2)8-10-14/h4,6-10,16H,5,11H2,1-3H3,(H2,19,20,22)/b6-4+/t16-/m0/s1. The number of ether oxygens (including phenoxy) is 1. The van der Waals surface area contributed by atoms with E-state index in [2.05, 4.69) is 17.6 Å².